The van der Waals surface area contributed by atoms with Crippen molar-refractivity contribution in [3.63, 3.8) is 0 Å². The Hall–Kier alpha value is -5.95. The number of nitrogens with two attached hydrogens (primary N) is 1. The Morgan fingerprint density at radius 2 is 1.81 bits per heavy atom. The average Bonchev–Trinajstić information content (AvgIpc) is 3.85. The molecule has 2 atom stereocenters. The predicted octanol–water partition coefficient (Wildman–Crippen LogP) is 3.70. The van der Waals surface area contributed by atoms with E-state index in [1.54, 1.807) is 34.9 Å². The number of benzene rings is 1. The first-order valence-electron chi connectivity index (χ1n) is 18.8. The molecule has 278 valence electrons. The zero-order chi connectivity index (χ0) is 37.2. The highest BCUT2D eigenvalue weighted by molar-refractivity contribution is 6.01. The maximum absolute atomic E-state index is 12.3. The van der Waals surface area contributed by atoms with Gasteiger partial charge in [0.05, 0.1) is 47.3 Å². The van der Waals surface area contributed by atoms with Gasteiger partial charge in [0.2, 0.25) is 17.8 Å². The van der Waals surface area contributed by atoms with Crippen LogP contribution in [0.3, 0.4) is 0 Å². The molecule has 54 heavy (non-hydrogen) atoms. The number of nitrogens with zero attached hydrogens (tertiary/aromatic N) is 11. The van der Waals surface area contributed by atoms with Crippen LogP contribution in [0.2, 0.25) is 0 Å². The summed E-state index contributed by atoms with van der Waals surface area (Å²) in [4.78, 5) is 41.8. The Balaban J connectivity index is 0.834. The molecule has 4 aromatic heterocycles. The lowest BCUT2D eigenvalue weighted by atomic mass is 9.79. The molecule has 0 radical (unpaired) electrons. The fourth-order valence-corrected chi connectivity index (χ4v) is 7.97. The fourth-order valence-electron chi connectivity index (χ4n) is 7.97. The van der Waals surface area contributed by atoms with Gasteiger partial charge in [0.25, 0.3) is 0 Å². The van der Waals surface area contributed by atoms with Gasteiger partial charge in [-0.1, -0.05) is 17.3 Å². The summed E-state index contributed by atoms with van der Waals surface area (Å²) in [5.41, 5.74) is 10.9. The number of piperidine rings is 1. The molecule has 3 fully saturated rings. The highest BCUT2D eigenvalue weighted by Crippen LogP contribution is 2.37. The van der Waals surface area contributed by atoms with Gasteiger partial charge in [-0.05, 0) is 75.6 Å². The number of anilines is 3. The standard InChI is InChI=1S/C38H44N14O2/c1-24(19-39)44-31-18-34(52-36-28(21-43-52)20-42-38(40)46-36)41-22-33(31)51-23-32(47-48-51)27-4-2-25(3-5-27)12-13-49-14-16-50(17-15-49)29-8-6-26(7-9-29)30-10-11-35(53)45-37(30)54/h6-9,18,20-25,27,30H,2-5,10-17H2,1H3,(H,41,44)(H2,40,42,46)(H,45,53,54)/t24-,25?,27?,30?/m1/s1. The molecule has 0 bridgehead atoms. The largest absolute Gasteiger partial charge is 0.369 e. The predicted molar refractivity (Wildman–Crippen MR) is 202 cm³/mol. The summed E-state index contributed by atoms with van der Waals surface area (Å²) in [7, 11) is 0. The Bertz CT molecular complexity index is 2170. The Morgan fingerprint density at radius 3 is 2.57 bits per heavy atom. The zero-order valence-electron chi connectivity index (χ0n) is 30.3. The van der Waals surface area contributed by atoms with Gasteiger partial charge in [-0.2, -0.15) is 20.0 Å². The second kappa shape index (κ2) is 15.2. The second-order valence-corrected chi connectivity index (χ2v) is 14.6. The molecule has 6 heterocycles. The number of pyridine rings is 1. The summed E-state index contributed by atoms with van der Waals surface area (Å²) in [6, 6.07) is 11.9. The monoisotopic (exact) mass is 728 g/mol. The van der Waals surface area contributed by atoms with E-state index in [2.05, 4.69) is 69.0 Å². The van der Waals surface area contributed by atoms with Crippen LogP contribution in [-0.4, -0.2) is 95.2 Å². The lowest BCUT2D eigenvalue weighted by Crippen LogP contribution is -2.47. The highest BCUT2D eigenvalue weighted by atomic mass is 16.2. The van der Waals surface area contributed by atoms with Crippen molar-refractivity contribution in [1.29, 1.82) is 5.26 Å². The van der Waals surface area contributed by atoms with Gasteiger partial charge in [-0.3, -0.25) is 19.8 Å². The van der Waals surface area contributed by atoms with Gasteiger partial charge >= 0.3 is 0 Å². The van der Waals surface area contributed by atoms with Crippen LogP contribution >= 0.6 is 0 Å². The first kappa shape index (κ1) is 35.1. The van der Waals surface area contributed by atoms with Crippen LogP contribution in [0.5, 0.6) is 0 Å². The maximum atomic E-state index is 12.3. The molecule has 2 saturated heterocycles. The average molecular weight is 729 g/mol. The lowest BCUT2D eigenvalue weighted by Gasteiger charge is -2.37. The smallest absolute Gasteiger partial charge is 0.234 e. The molecule has 1 unspecified atom stereocenters. The van der Waals surface area contributed by atoms with Crippen molar-refractivity contribution in [2.24, 2.45) is 5.92 Å². The third kappa shape index (κ3) is 7.44. The number of nitriles is 1. The summed E-state index contributed by atoms with van der Waals surface area (Å²) in [6.45, 7) is 6.94. The lowest BCUT2D eigenvalue weighted by molar-refractivity contribution is -0.134. The molecule has 1 aliphatic carbocycles. The van der Waals surface area contributed by atoms with Crippen LogP contribution in [0.25, 0.3) is 22.5 Å². The van der Waals surface area contributed by atoms with Crippen molar-refractivity contribution in [1.82, 2.24) is 49.9 Å². The second-order valence-electron chi connectivity index (χ2n) is 14.6. The van der Waals surface area contributed by atoms with Gasteiger partial charge in [0.1, 0.15) is 11.7 Å². The van der Waals surface area contributed by atoms with E-state index in [1.807, 2.05) is 24.4 Å². The molecule has 16 heteroatoms. The molecule has 16 nitrogen and oxygen atoms in total. The minimum Gasteiger partial charge on any atom is -0.369 e. The molecular weight excluding hydrogens is 685 g/mol. The van der Waals surface area contributed by atoms with Crippen molar-refractivity contribution in [2.75, 3.05) is 48.7 Å². The van der Waals surface area contributed by atoms with E-state index >= 15 is 0 Å². The van der Waals surface area contributed by atoms with E-state index in [4.69, 9.17) is 5.73 Å². The Kier molecular flexibility index (Phi) is 9.87. The highest BCUT2D eigenvalue weighted by Gasteiger charge is 2.29. The molecule has 0 spiro atoms. The number of aromatic nitrogens is 8. The van der Waals surface area contributed by atoms with E-state index < -0.39 is 6.04 Å². The maximum Gasteiger partial charge on any atom is 0.234 e. The molecule has 2 amide bonds. The van der Waals surface area contributed by atoms with E-state index in [0.717, 1.165) is 62.2 Å². The minimum absolute atomic E-state index is 0.144. The van der Waals surface area contributed by atoms with Crippen LogP contribution < -0.4 is 21.3 Å². The number of nitrogens with one attached hydrogen (secondary N) is 2. The number of hydrogen-bond acceptors (Lipinski definition) is 13. The van der Waals surface area contributed by atoms with Crippen LogP contribution in [0, 0.1) is 17.2 Å². The van der Waals surface area contributed by atoms with E-state index in [1.165, 1.54) is 24.9 Å². The molecule has 8 rings (SSSR count). The van der Waals surface area contributed by atoms with Gasteiger partial charge in [-0.25, -0.2) is 14.6 Å². The number of amides is 2. The van der Waals surface area contributed by atoms with E-state index in [0.29, 0.717) is 47.5 Å². The summed E-state index contributed by atoms with van der Waals surface area (Å²) in [6.07, 6.45) is 13.6. The SMILES string of the molecule is C[C@H](C#N)Nc1cc(-n2ncc3cnc(N)nc32)ncc1-n1cc(C2CCC(CCN3CCN(c4ccc(C5CCC(=O)NC5=O)cc4)CC3)CC2)nn1. The number of imide groups is 1. The van der Waals surface area contributed by atoms with Gasteiger partial charge in [-0.15, -0.1) is 5.10 Å². The van der Waals surface area contributed by atoms with Crippen molar-refractivity contribution >= 4 is 40.2 Å². The third-order valence-corrected chi connectivity index (χ3v) is 11.1. The number of hydrogen-bond donors (Lipinski definition) is 3. The summed E-state index contributed by atoms with van der Waals surface area (Å²) in [5.74, 6) is 1.09. The van der Waals surface area contributed by atoms with Gasteiger partial charge < -0.3 is 16.0 Å². The van der Waals surface area contributed by atoms with Crippen molar-refractivity contribution < 1.29 is 9.59 Å². The molecule has 1 aromatic carbocycles. The Morgan fingerprint density at radius 1 is 1.02 bits per heavy atom. The fraction of sp³-hybridized carbons (Fsp3) is 0.447. The summed E-state index contributed by atoms with van der Waals surface area (Å²) < 4.78 is 3.33. The summed E-state index contributed by atoms with van der Waals surface area (Å²) in [5, 5.41) is 29.6. The van der Waals surface area contributed by atoms with Crippen LogP contribution in [0.4, 0.5) is 17.3 Å². The van der Waals surface area contributed by atoms with E-state index in [-0.39, 0.29) is 23.7 Å². The molecule has 5 aromatic rings. The third-order valence-electron chi connectivity index (χ3n) is 11.1. The van der Waals surface area contributed by atoms with Crippen molar-refractivity contribution in [3.8, 4) is 17.6 Å². The number of piperazine rings is 1. The number of fused-ring (bicyclic) bond motifs is 1. The summed E-state index contributed by atoms with van der Waals surface area (Å²) >= 11 is 0. The van der Waals surface area contributed by atoms with Crippen molar-refractivity contribution in [2.45, 2.75) is 69.7 Å². The first-order valence-corrected chi connectivity index (χ1v) is 18.8. The van der Waals surface area contributed by atoms with Gasteiger partial charge in [0, 0.05) is 56.5 Å². The Labute approximate surface area is 312 Å². The molecule has 2 aliphatic heterocycles. The van der Waals surface area contributed by atoms with Crippen molar-refractivity contribution in [3.05, 3.63) is 66.4 Å². The topological polar surface area (TPSA) is 202 Å². The zero-order valence-corrected chi connectivity index (χ0v) is 30.3. The first-order chi connectivity index (χ1) is 26.3. The number of rotatable bonds is 10. The normalized spacial score (nSPS) is 21.5. The quantitative estimate of drug-likeness (QED) is 0.176. The molecular formula is C38H44N14O2. The minimum atomic E-state index is -0.459. The van der Waals surface area contributed by atoms with E-state index in [9.17, 15) is 14.9 Å². The number of carbonyl (C=O) groups excluding carboxylic acids is 2. The molecule has 1 saturated carbocycles. The van der Waals surface area contributed by atoms with Crippen LogP contribution in [0.15, 0.2) is 55.1 Å². The van der Waals surface area contributed by atoms with Crippen LogP contribution in [-0.2, 0) is 9.59 Å². The number of nitrogen functional groups attached to an aromatic ring is 1. The van der Waals surface area contributed by atoms with Gasteiger partial charge in [0.15, 0.2) is 11.5 Å². The number of carbonyl (C=O) groups is 2. The molecule has 4 N–H and O–H groups in total. The molecule has 3 aliphatic rings. The van der Waals surface area contributed by atoms with Crippen LogP contribution in [0.1, 0.15) is 75.0 Å².